The van der Waals surface area contributed by atoms with Crippen LogP contribution in [0.4, 0.5) is 0 Å². The summed E-state index contributed by atoms with van der Waals surface area (Å²) in [6.45, 7) is 7.70. The Hall–Kier alpha value is -1.65. The fraction of sp³-hybridized carbons (Fsp3) is 0.615. The summed E-state index contributed by atoms with van der Waals surface area (Å²) < 4.78 is 7.63. The highest BCUT2D eigenvalue weighted by Crippen LogP contribution is 2.22. The van der Waals surface area contributed by atoms with Crippen molar-refractivity contribution in [1.29, 1.82) is 0 Å². The molecule has 18 heavy (non-hydrogen) atoms. The van der Waals surface area contributed by atoms with Crippen LogP contribution in [0, 0.1) is 6.92 Å². The van der Waals surface area contributed by atoms with E-state index in [-0.39, 0.29) is 0 Å². The van der Waals surface area contributed by atoms with Crippen molar-refractivity contribution in [2.45, 2.75) is 46.6 Å². The molecule has 0 amide bonds. The molecule has 0 fully saturated rings. The fourth-order valence-corrected chi connectivity index (χ4v) is 2.05. The van der Waals surface area contributed by atoms with Gasteiger partial charge in [-0.1, -0.05) is 19.8 Å². The predicted molar refractivity (Wildman–Crippen MR) is 70.8 cm³/mol. The van der Waals surface area contributed by atoms with E-state index in [2.05, 4.69) is 26.4 Å². The Morgan fingerprint density at radius 3 is 2.78 bits per heavy atom. The van der Waals surface area contributed by atoms with Crippen molar-refractivity contribution in [3.05, 3.63) is 12.2 Å². The number of hydrogen-bond acceptors (Lipinski definition) is 4. The van der Waals surface area contributed by atoms with E-state index in [0.717, 1.165) is 30.0 Å². The van der Waals surface area contributed by atoms with Crippen molar-refractivity contribution >= 4 is 11.2 Å². The van der Waals surface area contributed by atoms with Gasteiger partial charge in [-0.15, -0.1) is 0 Å². The predicted octanol–water partition coefficient (Wildman–Crippen LogP) is 2.72. The van der Waals surface area contributed by atoms with Crippen LogP contribution >= 0.6 is 0 Å². The minimum Gasteiger partial charge on any atom is -0.476 e. The minimum absolute atomic E-state index is 0.583. The van der Waals surface area contributed by atoms with Gasteiger partial charge in [0.1, 0.15) is 12.2 Å². The van der Waals surface area contributed by atoms with Crippen LogP contribution in [0.1, 0.15) is 38.9 Å². The number of aryl methyl sites for hydroxylation is 2. The molecule has 0 spiro atoms. The molecule has 2 rings (SSSR count). The zero-order valence-electron chi connectivity index (χ0n) is 11.3. The lowest BCUT2D eigenvalue weighted by Gasteiger charge is -2.05. The van der Waals surface area contributed by atoms with Gasteiger partial charge < -0.3 is 9.30 Å². The molecule has 0 radical (unpaired) electrons. The maximum atomic E-state index is 5.49. The third-order valence-corrected chi connectivity index (χ3v) is 2.96. The van der Waals surface area contributed by atoms with E-state index in [9.17, 15) is 0 Å². The summed E-state index contributed by atoms with van der Waals surface area (Å²) in [6.07, 6.45) is 5.13. The summed E-state index contributed by atoms with van der Waals surface area (Å²) in [6, 6.07) is 0. The highest BCUT2D eigenvalue weighted by molar-refractivity contribution is 5.76. The van der Waals surface area contributed by atoms with Crippen molar-refractivity contribution in [3.8, 4) is 5.88 Å². The Morgan fingerprint density at radius 1 is 1.22 bits per heavy atom. The van der Waals surface area contributed by atoms with Crippen LogP contribution in [0.3, 0.4) is 0 Å². The zero-order chi connectivity index (χ0) is 13.0. The Balaban J connectivity index is 2.35. The molecule has 0 unspecified atom stereocenters. The molecule has 0 bridgehead atoms. The van der Waals surface area contributed by atoms with E-state index < -0.39 is 0 Å². The number of aromatic nitrogens is 4. The van der Waals surface area contributed by atoms with E-state index in [4.69, 9.17) is 4.74 Å². The van der Waals surface area contributed by atoms with Crippen LogP contribution < -0.4 is 4.74 Å². The first-order valence-corrected chi connectivity index (χ1v) is 6.58. The molecular weight excluding hydrogens is 228 g/mol. The second-order valence-corrected chi connectivity index (χ2v) is 4.30. The normalized spacial score (nSPS) is 11.1. The third kappa shape index (κ3) is 2.44. The number of imidazole rings is 1. The second kappa shape index (κ2) is 5.80. The molecule has 0 N–H and O–H groups in total. The van der Waals surface area contributed by atoms with Gasteiger partial charge in [-0.05, 0) is 20.3 Å². The SMILES string of the molecule is CCCCCn1c(C)nc2c(OCC)ncnc21. The Bertz CT molecular complexity index is 521. The lowest BCUT2D eigenvalue weighted by atomic mass is 10.2. The molecule has 2 aromatic rings. The number of rotatable bonds is 6. The molecule has 0 saturated carbocycles. The van der Waals surface area contributed by atoms with Crippen LogP contribution in [0.2, 0.25) is 0 Å². The van der Waals surface area contributed by atoms with Gasteiger partial charge in [0.2, 0.25) is 5.88 Å². The van der Waals surface area contributed by atoms with Crippen LogP contribution in [-0.2, 0) is 6.54 Å². The van der Waals surface area contributed by atoms with Gasteiger partial charge in [-0.3, -0.25) is 0 Å². The summed E-state index contributed by atoms with van der Waals surface area (Å²) >= 11 is 0. The number of hydrogen-bond donors (Lipinski definition) is 0. The smallest absolute Gasteiger partial charge is 0.245 e. The summed E-state index contributed by atoms with van der Waals surface area (Å²) in [4.78, 5) is 13.0. The highest BCUT2D eigenvalue weighted by atomic mass is 16.5. The molecule has 0 atom stereocenters. The summed E-state index contributed by atoms with van der Waals surface area (Å²) in [7, 11) is 0. The standard InChI is InChI=1S/C13H20N4O/c1-4-6-7-8-17-10(3)16-11-12(17)14-9-15-13(11)18-5-2/h9H,4-8H2,1-3H3. The van der Waals surface area contributed by atoms with Crippen LogP contribution in [-0.4, -0.2) is 26.1 Å². The van der Waals surface area contributed by atoms with E-state index >= 15 is 0 Å². The van der Waals surface area contributed by atoms with Crippen molar-refractivity contribution in [2.75, 3.05) is 6.61 Å². The number of unbranched alkanes of at least 4 members (excludes halogenated alkanes) is 2. The highest BCUT2D eigenvalue weighted by Gasteiger charge is 2.13. The third-order valence-electron chi connectivity index (χ3n) is 2.96. The van der Waals surface area contributed by atoms with Crippen molar-refractivity contribution in [1.82, 2.24) is 19.5 Å². The summed E-state index contributed by atoms with van der Waals surface area (Å²) in [5, 5.41) is 0. The van der Waals surface area contributed by atoms with Crippen molar-refractivity contribution in [2.24, 2.45) is 0 Å². The first kappa shape index (κ1) is 12.8. The quantitative estimate of drug-likeness (QED) is 0.737. The topological polar surface area (TPSA) is 52.8 Å². The zero-order valence-corrected chi connectivity index (χ0v) is 11.3. The maximum Gasteiger partial charge on any atom is 0.245 e. The van der Waals surface area contributed by atoms with Gasteiger partial charge in [-0.2, -0.15) is 4.98 Å². The first-order valence-electron chi connectivity index (χ1n) is 6.58. The molecule has 0 aliphatic carbocycles. The largest absolute Gasteiger partial charge is 0.476 e. The number of nitrogens with zero attached hydrogens (tertiary/aromatic N) is 4. The number of ether oxygens (including phenoxy) is 1. The maximum absolute atomic E-state index is 5.49. The van der Waals surface area contributed by atoms with Gasteiger partial charge >= 0.3 is 0 Å². The molecule has 0 saturated heterocycles. The molecule has 0 aromatic carbocycles. The van der Waals surface area contributed by atoms with E-state index in [0.29, 0.717) is 12.5 Å². The van der Waals surface area contributed by atoms with Crippen LogP contribution in [0.5, 0.6) is 5.88 Å². The van der Waals surface area contributed by atoms with Gasteiger partial charge in [-0.25, -0.2) is 9.97 Å². The summed E-state index contributed by atoms with van der Waals surface area (Å²) in [5.41, 5.74) is 1.65. The van der Waals surface area contributed by atoms with Gasteiger partial charge in [0.15, 0.2) is 11.2 Å². The summed E-state index contributed by atoms with van der Waals surface area (Å²) in [5.74, 6) is 1.56. The average Bonchev–Trinajstić information content (AvgIpc) is 2.68. The Labute approximate surface area is 107 Å². The average molecular weight is 248 g/mol. The monoisotopic (exact) mass is 248 g/mol. The lowest BCUT2D eigenvalue weighted by molar-refractivity contribution is 0.330. The molecule has 2 heterocycles. The Morgan fingerprint density at radius 2 is 2.06 bits per heavy atom. The van der Waals surface area contributed by atoms with E-state index in [1.807, 2.05) is 13.8 Å². The van der Waals surface area contributed by atoms with Crippen LogP contribution in [0.25, 0.3) is 11.2 Å². The van der Waals surface area contributed by atoms with Gasteiger partial charge in [0.05, 0.1) is 6.61 Å². The molecule has 98 valence electrons. The fourth-order valence-electron chi connectivity index (χ4n) is 2.05. The van der Waals surface area contributed by atoms with E-state index in [1.165, 1.54) is 12.8 Å². The van der Waals surface area contributed by atoms with Crippen molar-refractivity contribution in [3.63, 3.8) is 0 Å². The lowest BCUT2D eigenvalue weighted by Crippen LogP contribution is -2.02. The molecule has 5 heteroatoms. The second-order valence-electron chi connectivity index (χ2n) is 4.30. The van der Waals surface area contributed by atoms with Gasteiger partial charge in [0, 0.05) is 6.54 Å². The van der Waals surface area contributed by atoms with Gasteiger partial charge in [0.25, 0.3) is 0 Å². The first-order chi connectivity index (χ1) is 8.77. The minimum atomic E-state index is 0.583. The molecule has 0 aliphatic rings. The van der Waals surface area contributed by atoms with E-state index in [1.54, 1.807) is 6.33 Å². The molecule has 0 aliphatic heterocycles. The Kier molecular flexibility index (Phi) is 4.12. The van der Waals surface area contributed by atoms with Crippen molar-refractivity contribution < 1.29 is 4.74 Å². The molecular formula is C13H20N4O. The molecule has 2 aromatic heterocycles. The molecule has 5 nitrogen and oxygen atoms in total. The number of fused-ring (bicyclic) bond motifs is 1. The van der Waals surface area contributed by atoms with Crippen LogP contribution in [0.15, 0.2) is 6.33 Å².